The Hall–Kier alpha value is -2.78. The summed E-state index contributed by atoms with van der Waals surface area (Å²) in [6.07, 6.45) is -2.09. The van der Waals surface area contributed by atoms with E-state index in [0.717, 1.165) is 0 Å². The molecular weight excluding hydrogens is 538 g/mol. The lowest BCUT2D eigenvalue weighted by atomic mass is 9.78. The number of carboxylic acid groups (broad SMARTS) is 1. The summed E-state index contributed by atoms with van der Waals surface area (Å²) in [6, 6.07) is -2.00. The molecular formula is C24H34F2N6O6S. The fourth-order valence-corrected chi connectivity index (χ4v) is 7.45. The first-order valence-electron chi connectivity index (χ1n) is 13.0. The average Bonchev–Trinajstić information content (AvgIpc) is 3.57. The molecule has 4 amide bonds. The highest BCUT2D eigenvalue weighted by Gasteiger charge is 2.60. The number of likely N-dealkylation sites (tertiary alicyclic amines) is 1. The van der Waals surface area contributed by atoms with E-state index in [9.17, 15) is 37.9 Å². The van der Waals surface area contributed by atoms with Crippen LogP contribution < -0.4 is 21.3 Å². The van der Waals surface area contributed by atoms with Crippen LogP contribution in [0.3, 0.4) is 0 Å². The van der Waals surface area contributed by atoms with Crippen molar-refractivity contribution in [3.8, 4) is 0 Å². The second-order valence-corrected chi connectivity index (χ2v) is 11.8. The third-order valence-corrected chi connectivity index (χ3v) is 9.29. The molecule has 0 aliphatic carbocycles. The first kappa shape index (κ1) is 29.2. The van der Waals surface area contributed by atoms with Crippen molar-refractivity contribution in [2.45, 2.75) is 62.5 Å². The molecule has 0 aromatic rings. The van der Waals surface area contributed by atoms with Crippen LogP contribution >= 0.6 is 11.8 Å². The third-order valence-electron chi connectivity index (χ3n) is 7.78. The number of nitrogens with zero attached hydrogens (tertiary/aromatic N) is 2. The summed E-state index contributed by atoms with van der Waals surface area (Å²) in [6.45, 7) is 4.87. The number of carbonyl (C=O) groups excluding carboxylic acids is 4. The van der Waals surface area contributed by atoms with Gasteiger partial charge in [0.1, 0.15) is 5.70 Å². The normalized spacial score (nSPS) is 30.9. The molecule has 12 nitrogen and oxygen atoms in total. The van der Waals surface area contributed by atoms with Crippen LogP contribution in [0, 0.1) is 11.8 Å². The maximum Gasteiger partial charge on any atom is 0.353 e. The van der Waals surface area contributed by atoms with Gasteiger partial charge in [0.2, 0.25) is 17.7 Å². The first-order chi connectivity index (χ1) is 18.4. The molecule has 0 aromatic carbocycles. The van der Waals surface area contributed by atoms with Gasteiger partial charge in [0.25, 0.3) is 5.91 Å². The molecule has 7 atom stereocenters. The van der Waals surface area contributed by atoms with Gasteiger partial charge in [0.05, 0.1) is 24.5 Å². The van der Waals surface area contributed by atoms with Gasteiger partial charge >= 0.3 is 12.4 Å². The molecule has 0 spiro atoms. The van der Waals surface area contributed by atoms with Gasteiger partial charge in [0, 0.05) is 47.8 Å². The Balaban J connectivity index is 1.37. The number of carbonyl (C=O) groups is 5. The van der Waals surface area contributed by atoms with Crippen LogP contribution in [0.15, 0.2) is 10.6 Å². The Morgan fingerprint density at radius 3 is 2.62 bits per heavy atom. The lowest BCUT2D eigenvalue weighted by Crippen LogP contribution is -2.66. The second kappa shape index (κ2) is 11.8. The molecule has 4 aliphatic heterocycles. The van der Waals surface area contributed by atoms with Crippen LogP contribution in [0.25, 0.3) is 0 Å². The zero-order valence-electron chi connectivity index (χ0n) is 21.9. The Morgan fingerprint density at radius 2 is 1.97 bits per heavy atom. The summed E-state index contributed by atoms with van der Waals surface area (Å²) in [5.41, 5.74) is -0.124. The maximum atomic E-state index is 13.1. The first-order valence-corrected chi connectivity index (χ1v) is 13.8. The molecule has 216 valence electrons. The van der Waals surface area contributed by atoms with E-state index in [-0.39, 0.29) is 41.3 Å². The fraction of sp³-hybridized carbons (Fsp3) is 0.708. The minimum atomic E-state index is -3.22. The van der Waals surface area contributed by atoms with Gasteiger partial charge in [-0.15, -0.1) is 11.8 Å². The van der Waals surface area contributed by atoms with Crippen molar-refractivity contribution in [1.29, 1.82) is 0 Å². The number of aliphatic carboxylic acids is 1. The number of rotatable bonds is 10. The number of β-lactam (4-membered cyclic amide) rings is 1. The topological polar surface area (TPSA) is 160 Å². The number of fused-ring (bicyclic) bond motifs is 1. The number of carboxylic acids is 1. The van der Waals surface area contributed by atoms with Crippen LogP contribution in [0.2, 0.25) is 0 Å². The minimum Gasteiger partial charge on any atom is -0.477 e. The van der Waals surface area contributed by atoms with Crippen LogP contribution in [-0.4, -0.2) is 114 Å². The molecule has 3 fully saturated rings. The third kappa shape index (κ3) is 5.75. The standard InChI is InChI=1S/C24H34F2N6O6S/c1-10-17-16(11(2)29-21(34)20(25)26)23(36)32(17)18(24(37)38)19(10)39-13-6-14(28-7-13)22(35)31-5-4-12(9-31)30-15(33)8-27-3/h10-14,16-17,20,27-28H,4-9H2,1-3H3,(H,29,34)(H,30,33)(H,37,38)/t10-,11?,12-,13+,14+,16-,17-/m1/s1. The van der Waals surface area contributed by atoms with Crippen molar-refractivity contribution in [3.05, 3.63) is 10.6 Å². The highest BCUT2D eigenvalue weighted by atomic mass is 32.2. The molecule has 0 saturated carbocycles. The van der Waals surface area contributed by atoms with Crippen LogP contribution in [0.5, 0.6) is 0 Å². The van der Waals surface area contributed by atoms with Gasteiger partial charge in [-0.1, -0.05) is 6.92 Å². The molecule has 39 heavy (non-hydrogen) atoms. The van der Waals surface area contributed by atoms with E-state index >= 15 is 0 Å². The number of alkyl halides is 2. The van der Waals surface area contributed by atoms with Crippen molar-refractivity contribution in [3.63, 3.8) is 0 Å². The Labute approximate surface area is 228 Å². The second-order valence-electron chi connectivity index (χ2n) is 10.4. The van der Waals surface area contributed by atoms with Gasteiger partial charge in [-0.3, -0.25) is 19.2 Å². The van der Waals surface area contributed by atoms with E-state index in [1.807, 2.05) is 0 Å². The Bertz CT molecular complexity index is 1080. The number of halogens is 2. The minimum absolute atomic E-state index is 0.0713. The number of thioether (sulfide) groups is 1. The number of likely N-dealkylation sites (N-methyl/N-ethyl adjacent to an activating group) is 1. The summed E-state index contributed by atoms with van der Waals surface area (Å²) >= 11 is 1.32. The van der Waals surface area contributed by atoms with Crippen molar-refractivity contribution in [1.82, 2.24) is 31.1 Å². The van der Waals surface area contributed by atoms with Crippen LogP contribution in [-0.2, 0) is 24.0 Å². The highest BCUT2D eigenvalue weighted by molar-refractivity contribution is 8.03. The van der Waals surface area contributed by atoms with Crippen LogP contribution in [0.1, 0.15) is 26.7 Å². The van der Waals surface area contributed by atoms with Gasteiger partial charge in [0.15, 0.2) is 0 Å². The molecule has 0 aromatic heterocycles. The molecule has 4 rings (SSSR count). The summed E-state index contributed by atoms with van der Waals surface area (Å²) in [4.78, 5) is 64.9. The monoisotopic (exact) mass is 572 g/mol. The van der Waals surface area contributed by atoms with E-state index in [4.69, 9.17) is 0 Å². The lowest BCUT2D eigenvalue weighted by molar-refractivity contribution is -0.159. The van der Waals surface area contributed by atoms with Crippen LogP contribution in [0.4, 0.5) is 8.78 Å². The zero-order chi connectivity index (χ0) is 28.6. The summed E-state index contributed by atoms with van der Waals surface area (Å²) in [5.74, 6) is -4.66. The molecule has 5 N–H and O–H groups in total. The zero-order valence-corrected chi connectivity index (χ0v) is 22.7. The summed E-state index contributed by atoms with van der Waals surface area (Å²) in [7, 11) is 1.68. The highest BCUT2D eigenvalue weighted by Crippen LogP contribution is 2.51. The fourth-order valence-electron chi connectivity index (χ4n) is 5.97. The predicted molar refractivity (Wildman–Crippen MR) is 136 cm³/mol. The van der Waals surface area contributed by atoms with Gasteiger partial charge in [-0.2, -0.15) is 8.78 Å². The molecule has 3 saturated heterocycles. The molecule has 4 heterocycles. The van der Waals surface area contributed by atoms with Gasteiger partial charge in [-0.25, -0.2) is 4.79 Å². The molecule has 0 bridgehead atoms. The average molecular weight is 573 g/mol. The van der Waals surface area contributed by atoms with E-state index < -0.39 is 48.3 Å². The van der Waals surface area contributed by atoms with E-state index in [1.54, 1.807) is 18.9 Å². The Morgan fingerprint density at radius 1 is 1.26 bits per heavy atom. The SMILES string of the molecule is CNCC(=O)N[C@@H]1CCN(C(=O)[C@@H]2C[C@H](SC3=C(C(=O)O)N4C(=O)[C@H](C(C)NC(=O)C(F)F)[C@H]4[C@H]3C)CN2)C1. The Kier molecular flexibility index (Phi) is 8.81. The summed E-state index contributed by atoms with van der Waals surface area (Å²) in [5, 5.41) is 20.9. The van der Waals surface area contributed by atoms with E-state index in [2.05, 4.69) is 21.3 Å². The lowest BCUT2D eigenvalue weighted by Gasteiger charge is -2.47. The van der Waals surface area contributed by atoms with Crippen molar-refractivity contribution < 1.29 is 37.9 Å². The predicted octanol–water partition coefficient (Wildman–Crippen LogP) is -1.07. The van der Waals surface area contributed by atoms with E-state index in [0.29, 0.717) is 37.4 Å². The molecule has 15 heteroatoms. The quantitative estimate of drug-likeness (QED) is 0.205. The maximum absolute atomic E-state index is 13.1. The van der Waals surface area contributed by atoms with E-state index in [1.165, 1.54) is 23.6 Å². The number of hydrogen-bond acceptors (Lipinski definition) is 8. The van der Waals surface area contributed by atoms with Crippen molar-refractivity contribution in [2.75, 3.05) is 33.2 Å². The number of nitrogens with one attached hydrogen (secondary N) is 4. The molecule has 0 radical (unpaired) electrons. The van der Waals surface area contributed by atoms with Gasteiger partial charge in [-0.05, 0) is 26.8 Å². The summed E-state index contributed by atoms with van der Waals surface area (Å²) < 4.78 is 25.4. The molecule has 4 aliphatic rings. The van der Waals surface area contributed by atoms with Crippen molar-refractivity contribution in [2.24, 2.45) is 11.8 Å². The number of amides is 4. The smallest absolute Gasteiger partial charge is 0.353 e. The molecule has 1 unspecified atom stereocenters. The number of hydrogen-bond donors (Lipinski definition) is 5. The van der Waals surface area contributed by atoms with Crippen molar-refractivity contribution >= 4 is 41.4 Å². The van der Waals surface area contributed by atoms with Gasteiger partial charge < -0.3 is 36.2 Å². The largest absolute Gasteiger partial charge is 0.477 e.